The number of halogens is 1. The van der Waals surface area contributed by atoms with Crippen molar-refractivity contribution in [1.82, 2.24) is 14.8 Å². The summed E-state index contributed by atoms with van der Waals surface area (Å²) in [7, 11) is 0. The molecule has 88 valence electrons. The van der Waals surface area contributed by atoms with Crippen molar-refractivity contribution in [3.05, 3.63) is 39.8 Å². The van der Waals surface area contributed by atoms with Crippen LogP contribution in [0.15, 0.2) is 22.8 Å². The Balaban J connectivity index is 2.47. The Kier molecular flexibility index (Phi) is 3.11. The topological polar surface area (TPSA) is 47.8 Å². The summed E-state index contributed by atoms with van der Waals surface area (Å²) >= 11 is 3.47. The van der Waals surface area contributed by atoms with E-state index in [1.807, 2.05) is 13.8 Å². The molecule has 2 aromatic heterocycles. The van der Waals surface area contributed by atoms with Crippen LogP contribution in [0.1, 0.15) is 28.7 Å². The Morgan fingerprint density at radius 2 is 2.06 bits per heavy atom. The third-order valence-corrected chi connectivity index (χ3v) is 3.72. The second-order valence-corrected chi connectivity index (χ2v) is 4.65. The number of aryl methyl sites for hydroxylation is 1. The number of hydrogen-bond acceptors (Lipinski definition) is 3. The van der Waals surface area contributed by atoms with E-state index in [1.54, 1.807) is 23.0 Å². The zero-order valence-corrected chi connectivity index (χ0v) is 11.4. The van der Waals surface area contributed by atoms with Crippen LogP contribution in [0.25, 0.3) is 5.82 Å². The summed E-state index contributed by atoms with van der Waals surface area (Å²) in [4.78, 5) is 15.4. The molecule has 2 rings (SSSR count). The van der Waals surface area contributed by atoms with Crippen LogP contribution in [-0.2, 0) is 0 Å². The quantitative estimate of drug-likeness (QED) is 0.800. The maximum atomic E-state index is 11.1. The van der Waals surface area contributed by atoms with Crippen molar-refractivity contribution >= 4 is 21.7 Å². The van der Waals surface area contributed by atoms with Crippen LogP contribution in [0.3, 0.4) is 0 Å². The van der Waals surface area contributed by atoms with Crippen molar-refractivity contribution in [3.63, 3.8) is 0 Å². The first-order valence-electron chi connectivity index (χ1n) is 5.20. The fourth-order valence-corrected chi connectivity index (χ4v) is 1.81. The molecule has 0 radical (unpaired) electrons. The predicted molar refractivity (Wildman–Crippen MR) is 68.5 cm³/mol. The molecule has 4 nitrogen and oxygen atoms in total. The van der Waals surface area contributed by atoms with Crippen molar-refractivity contribution < 1.29 is 4.79 Å². The average molecular weight is 294 g/mol. The van der Waals surface area contributed by atoms with Gasteiger partial charge in [0.1, 0.15) is 0 Å². The Morgan fingerprint density at radius 1 is 1.35 bits per heavy atom. The van der Waals surface area contributed by atoms with Crippen molar-refractivity contribution in [2.45, 2.75) is 20.8 Å². The number of aromatic nitrogens is 3. The minimum atomic E-state index is 0.0126. The second-order valence-electron chi connectivity index (χ2n) is 3.86. The molecule has 0 amide bonds. The number of Topliss-reactive ketones (excluding diaryl/α,β-unsaturated/α-hetero) is 1. The molecule has 2 heterocycles. The fraction of sp³-hybridized carbons (Fsp3) is 0.250. The molecular formula is C12H12BrN3O. The van der Waals surface area contributed by atoms with Gasteiger partial charge in [-0.1, -0.05) is 0 Å². The lowest BCUT2D eigenvalue weighted by Crippen LogP contribution is -2.03. The Hall–Kier alpha value is -1.49. The Labute approximate surface area is 108 Å². The van der Waals surface area contributed by atoms with Gasteiger partial charge in [0.2, 0.25) is 0 Å². The molecule has 0 spiro atoms. The third-order valence-electron chi connectivity index (χ3n) is 2.57. The molecule has 2 aromatic rings. The summed E-state index contributed by atoms with van der Waals surface area (Å²) < 4.78 is 2.73. The highest BCUT2D eigenvalue weighted by Crippen LogP contribution is 2.22. The third kappa shape index (κ3) is 2.15. The number of nitrogens with zero attached hydrogens (tertiary/aromatic N) is 3. The molecule has 0 fully saturated rings. The van der Waals surface area contributed by atoms with Crippen molar-refractivity contribution in [2.24, 2.45) is 0 Å². The van der Waals surface area contributed by atoms with Crippen LogP contribution in [0.2, 0.25) is 0 Å². The first kappa shape index (κ1) is 12.0. The number of hydrogen-bond donors (Lipinski definition) is 0. The maximum Gasteiger partial charge on any atom is 0.161 e. The van der Waals surface area contributed by atoms with E-state index >= 15 is 0 Å². The molecule has 0 bridgehead atoms. The molecule has 0 aliphatic carbocycles. The van der Waals surface area contributed by atoms with Crippen LogP contribution in [0, 0.1) is 13.8 Å². The monoisotopic (exact) mass is 293 g/mol. The minimum absolute atomic E-state index is 0.0126. The Morgan fingerprint density at radius 3 is 2.47 bits per heavy atom. The lowest BCUT2D eigenvalue weighted by molar-refractivity contribution is 0.101. The van der Waals surface area contributed by atoms with E-state index in [2.05, 4.69) is 26.0 Å². The van der Waals surface area contributed by atoms with Crippen LogP contribution in [-0.4, -0.2) is 20.5 Å². The minimum Gasteiger partial charge on any atom is -0.294 e. The molecule has 5 heteroatoms. The summed E-state index contributed by atoms with van der Waals surface area (Å²) in [5.74, 6) is 0.722. The van der Waals surface area contributed by atoms with Gasteiger partial charge in [-0.2, -0.15) is 5.10 Å². The number of ketones is 1. The van der Waals surface area contributed by atoms with E-state index < -0.39 is 0 Å². The van der Waals surface area contributed by atoms with Gasteiger partial charge in [0, 0.05) is 11.8 Å². The number of pyridine rings is 1. The van der Waals surface area contributed by atoms with E-state index in [0.717, 1.165) is 15.9 Å². The molecule has 0 unspecified atom stereocenters. The average Bonchev–Trinajstić information content (AvgIpc) is 2.57. The number of rotatable bonds is 2. The van der Waals surface area contributed by atoms with Gasteiger partial charge in [-0.05, 0) is 48.8 Å². The molecule has 0 saturated carbocycles. The predicted octanol–water partition coefficient (Wildman–Crippen LogP) is 2.85. The van der Waals surface area contributed by atoms with Gasteiger partial charge in [-0.3, -0.25) is 4.79 Å². The zero-order valence-electron chi connectivity index (χ0n) is 9.86. The van der Waals surface area contributed by atoms with Gasteiger partial charge in [0.05, 0.1) is 15.9 Å². The van der Waals surface area contributed by atoms with Crippen molar-refractivity contribution in [1.29, 1.82) is 0 Å². The molecule has 0 saturated heterocycles. The summed E-state index contributed by atoms with van der Waals surface area (Å²) in [6, 6.07) is 3.55. The van der Waals surface area contributed by atoms with E-state index in [1.165, 1.54) is 6.92 Å². The summed E-state index contributed by atoms with van der Waals surface area (Å²) in [6.45, 7) is 5.42. The smallest absolute Gasteiger partial charge is 0.161 e. The summed E-state index contributed by atoms with van der Waals surface area (Å²) in [5, 5.41) is 4.38. The molecule has 0 atom stereocenters. The first-order valence-corrected chi connectivity index (χ1v) is 5.99. The maximum absolute atomic E-state index is 11.1. The largest absolute Gasteiger partial charge is 0.294 e. The molecular weight excluding hydrogens is 282 g/mol. The van der Waals surface area contributed by atoms with E-state index in [-0.39, 0.29) is 5.78 Å². The van der Waals surface area contributed by atoms with Crippen LogP contribution >= 0.6 is 15.9 Å². The zero-order chi connectivity index (χ0) is 12.6. The van der Waals surface area contributed by atoms with Gasteiger partial charge in [-0.25, -0.2) is 9.67 Å². The van der Waals surface area contributed by atoms with Gasteiger partial charge < -0.3 is 0 Å². The standard InChI is InChI=1S/C12H12BrN3O/c1-7-12(13)8(2)16(15-7)11-5-4-10(6-14-11)9(3)17/h4-6H,1-3H3. The normalized spacial score (nSPS) is 10.6. The SMILES string of the molecule is CC(=O)c1ccc(-n2nc(C)c(Br)c2C)nc1. The molecule has 0 aliphatic rings. The van der Waals surface area contributed by atoms with Gasteiger partial charge >= 0.3 is 0 Å². The van der Waals surface area contributed by atoms with Crippen molar-refractivity contribution in [3.8, 4) is 5.82 Å². The van der Waals surface area contributed by atoms with Crippen molar-refractivity contribution in [2.75, 3.05) is 0 Å². The van der Waals surface area contributed by atoms with E-state index in [9.17, 15) is 4.79 Å². The van der Waals surface area contributed by atoms with Gasteiger partial charge in [0.25, 0.3) is 0 Å². The number of carbonyl (C=O) groups is 1. The van der Waals surface area contributed by atoms with E-state index in [0.29, 0.717) is 11.4 Å². The van der Waals surface area contributed by atoms with Crippen LogP contribution < -0.4 is 0 Å². The highest BCUT2D eigenvalue weighted by Gasteiger charge is 2.11. The lowest BCUT2D eigenvalue weighted by atomic mass is 10.2. The molecule has 17 heavy (non-hydrogen) atoms. The second kappa shape index (κ2) is 4.41. The molecule has 0 aromatic carbocycles. The first-order chi connectivity index (χ1) is 8.00. The van der Waals surface area contributed by atoms with Gasteiger partial charge in [-0.15, -0.1) is 0 Å². The summed E-state index contributed by atoms with van der Waals surface area (Å²) in [5.41, 5.74) is 2.51. The van der Waals surface area contributed by atoms with Crippen LogP contribution in [0.5, 0.6) is 0 Å². The fourth-order valence-electron chi connectivity index (χ4n) is 1.57. The van der Waals surface area contributed by atoms with E-state index in [4.69, 9.17) is 0 Å². The highest BCUT2D eigenvalue weighted by molar-refractivity contribution is 9.10. The summed E-state index contributed by atoms with van der Waals surface area (Å²) in [6.07, 6.45) is 1.57. The molecule has 0 aliphatic heterocycles. The lowest BCUT2D eigenvalue weighted by Gasteiger charge is -2.03. The Bertz CT molecular complexity index is 572. The highest BCUT2D eigenvalue weighted by atomic mass is 79.9. The van der Waals surface area contributed by atoms with Crippen LogP contribution in [0.4, 0.5) is 0 Å². The number of carbonyl (C=O) groups excluding carboxylic acids is 1. The van der Waals surface area contributed by atoms with Gasteiger partial charge in [0.15, 0.2) is 11.6 Å². The molecule has 0 N–H and O–H groups in total.